The third kappa shape index (κ3) is 2.06. The molecule has 0 heterocycles. The van der Waals surface area contributed by atoms with E-state index >= 15 is 0 Å². The SMILES string of the molecule is O=[N+]([O-])/C=C/c1cc(F)cc2ccccc12. The fourth-order valence-electron chi connectivity index (χ4n) is 1.58. The van der Waals surface area contributed by atoms with E-state index in [0.29, 0.717) is 5.56 Å². The molecule has 0 fully saturated rings. The minimum Gasteiger partial charge on any atom is -0.259 e. The number of rotatable bonds is 2. The van der Waals surface area contributed by atoms with Gasteiger partial charge in [0.2, 0.25) is 6.20 Å². The molecule has 0 aromatic heterocycles. The van der Waals surface area contributed by atoms with Crippen molar-refractivity contribution in [2.45, 2.75) is 0 Å². The molecule has 2 rings (SSSR count). The first kappa shape index (κ1) is 10.3. The van der Waals surface area contributed by atoms with E-state index in [4.69, 9.17) is 0 Å². The molecule has 0 radical (unpaired) electrons. The molecule has 0 N–H and O–H groups in total. The predicted octanol–water partition coefficient (Wildman–Crippen LogP) is 3.23. The molecule has 0 aliphatic heterocycles. The second-order valence-electron chi connectivity index (χ2n) is 3.32. The van der Waals surface area contributed by atoms with E-state index in [1.54, 1.807) is 18.2 Å². The van der Waals surface area contributed by atoms with Crippen molar-refractivity contribution in [3.8, 4) is 0 Å². The number of hydrogen-bond donors (Lipinski definition) is 0. The molecule has 0 aliphatic carbocycles. The Balaban J connectivity index is 2.63. The molecule has 80 valence electrons. The zero-order chi connectivity index (χ0) is 11.5. The molecular formula is C12H8FNO2. The van der Waals surface area contributed by atoms with Crippen molar-refractivity contribution in [1.29, 1.82) is 0 Å². The summed E-state index contributed by atoms with van der Waals surface area (Å²) < 4.78 is 13.2. The largest absolute Gasteiger partial charge is 0.259 e. The standard InChI is InChI=1S/C12H8FNO2/c13-11-7-9-3-1-2-4-12(9)10(8-11)5-6-14(15)16/h1-8H/b6-5+. The lowest BCUT2D eigenvalue weighted by Gasteiger charge is -2.01. The van der Waals surface area contributed by atoms with Gasteiger partial charge in [0.05, 0.1) is 4.92 Å². The average Bonchev–Trinajstić information content (AvgIpc) is 2.25. The molecular weight excluding hydrogens is 209 g/mol. The number of benzene rings is 2. The van der Waals surface area contributed by atoms with E-state index < -0.39 is 10.7 Å². The molecule has 16 heavy (non-hydrogen) atoms. The van der Waals surface area contributed by atoms with Crippen molar-refractivity contribution in [3.05, 3.63) is 64.1 Å². The van der Waals surface area contributed by atoms with E-state index in [-0.39, 0.29) is 0 Å². The fraction of sp³-hybridized carbons (Fsp3) is 0. The maximum atomic E-state index is 13.2. The first-order chi connectivity index (χ1) is 7.66. The Bertz CT molecular complexity index is 578. The quantitative estimate of drug-likeness (QED) is 0.572. The van der Waals surface area contributed by atoms with Crippen LogP contribution in [0.3, 0.4) is 0 Å². The van der Waals surface area contributed by atoms with Crippen LogP contribution in [0.5, 0.6) is 0 Å². The smallest absolute Gasteiger partial charge is 0.235 e. The number of fused-ring (bicyclic) bond motifs is 1. The normalized spacial score (nSPS) is 11.1. The minimum atomic E-state index is -0.570. The predicted molar refractivity (Wildman–Crippen MR) is 59.9 cm³/mol. The Morgan fingerprint density at radius 3 is 2.75 bits per heavy atom. The molecule has 0 bridgehead atoms. The molecule has 3 nitrogen and oxygen atoms in total. The summed E-state index contributed by atoms with van der Waals surface area (Å²) in [6, 6.07) is 9.85. The van der Waals surface area contributed by atoms with Gasteiger partial charge >= 0.3 is 0 Å². The lowest BCUT2D eigenvalue weighted by Crippen LogP contribution is -1.85. The summed E-state index contributed by atoms with van der Waals surface area (Å²) in [5.74, 6) is -0.401. The van der Waals surface area contributed by atoms with E-state index in [1.165, 1.54) is 18.2 Å². The van der Waals surface area contributed by atoms with Gasteiger partial charge in [-0.05, 0) is 28.5 Å². The molecule has 0 saturated carbocycles. The van der Waals surface area contributed by atoms with Crippen molar-refractivity contribution in [2.75, 3.05) is 0 Å². The van der Waals surface area contributed by atoms with Crippen LogP contribution in [0.25, 0.3) is 16.8 Å². The van der Waals surface area contributed by atoms with Crippen LogP contribution in [0.4, 0.5) is 4.39 Å². The van der Waals surface area contributed by atoms with Crippen LogP contribution in [0.1, 0.15) is 5.56 Å². The Hall–Kier alpha value is -2.23. The summed E-state index contributed by atoms with van der Waals surface area (Å²) in [6.07, 6.45) is 2.10. The summed E-state index contributed by atoms with van der Waals surface area (Å²) in [5, 5.41) is 11.7. The fourth-order valence-corrected chi connectivity index (χ4v) is 1.58. The highest BCUT2D eigenvalue weighted by Gasteiger charge is 2.02. The molecule has 2 aromatic rings. The van der Waals surface area contributed by atoms with Gasteiger partial charge in [-0.2, -0.15) is 0 Å². The van der Waals surface area contributed by atoms with Gasteiger partial charge in [-0.1, -0.05) is 24.3 Å². The lowest BCUT2D eigenvalue weighted by atomic mass is 10.0. The van der Waals surface area contributed by atoms with Gasteiger partial charge in [0.25, 0.3) is 0 Å². The molecule has 0 atom stereocenters. The third-order valence-corrected chi connectivity index (χ3v) is 2.23. The number of halogens is 1. The van der Waals surface area contributed by atoms with Gasteiger partial charge in [-0.3, -0.25) is 10.1 Å². The topological polar surface area (TPSA) is 43.1 Å². The summed E-state index contributed by atoms with van der Waals surface area (Å²) in [6.45, 7) is 0. The number of nitrogens with zero attached hydrogens (tertiary/aromatic N) is 1. The molecule has 0 saturated heterocycles. The van der Waals surface area contributed by atoms with Crippen LogP contribution in [-0.2, 0) is 0 Å². The molecule has 4 heteroatoms. The van der Waals surface area contributed by atoms with Crippen molar-refractivity contribution < 1.29 is 9.31 Å². The van der Waals surface area contributed by atoms with Gasteiger partial charge in [-0.25, -0.2) is 4.39 Å². The van der Waals surface area contributed by atoms with Crippen molar-refractivity contribution in [2.24, 2.45) is 0 Å². The Labute approximate surface area is 91.0 Å². The highest BCUT2D eigenvalue weighted by atomic mass is 19.1. The Morgan fingerprint density at radius 1 is 1.25 bits per heavy atom. The van der Waals surface area contributed by atoms with Crippen molar-refractivity contribution >= 4 is 16.8 Å². The summed E-state index contributed by atoms with van der Waals surface area (Å²) in [4.78, 5) is 9.65. The third-order valence-electron chi connectivity index (χ3n) is 2.23. The minimum absolute atomic E-state index is 0.401. The van der Waals surface area contributed by atoms with Crippen LogP contribution in [0.15, 0.2) is 42.6 Å². The Morgan fingerprint density at radius 2 is 2.00 bits per heavy atom. The highest BCUT2D eigenvalue weighted by molar-refractivity contribution is 5.90. The van der Waals surface area contributed by atoms with Crippen molar-refractivity contribution in [3.63, 3.8) is 0 Å². The zero-order valence-electron chi connectivity index (χ0n) is 8.26. The second kappa shape index (κ2) is 4.10. The van der Waals surface area contributed by atoms with E-state index in [2.05, 4.69) is 0 Å². The first-order valence-corrected chi connectivity index (χ1v) is 4.67. The second-order valence-corrected chi connectivity index (χ2v) is 3.32. The summed E-state index contributed by atoms with van der Waals surface area (Å²) >= 11 is 0. The lowest BCUT2D eigenvalue weighted by molar-refractivity contribution is -0.400. The molecule has 2 aromatic carbocycles. The molecule has 0 spiro atoms. The summed E-state index contributed by atoms with van der Waals surface area (Å²) in [7, 11) is 0. The van der Waals surface area contributed by atoms with Crippen LogP contribution in [-0.4, -0.2) is 4.92 Å². The van der Waals surface area contributed by atoms with Crippen LogP contribution in [0.2, 0.25) is 0 Å². The van der Waals surface area contributed by atoms with Crippen LogP contribution in [0, 0.1) is 15.9 Å². The van der Waals surface area contributed by atoms with Crippen LogP contribution >= 0.6 is 0 Å². The zero-order valence-corrected chi connectivity index (χ0v) is 8.26. The molecule has 0 unspecified atom stereocenters. The van der Waals surface area contributed by atoms with E-state index in [1.807, 2.05) is 6.07 Å². The monoisotopic (exact) mass is 217 g/mol. The van der Waals surface area contributed by atoms with Gasteiger partial charge < -0.3 is 0 Å². The maximum absolute atomic E-state index is 13.2. The highest BCUT2D eigenvalue weighted by Crippen LogP contribution is 2.21. The van der Waals surface area contributed by atoms with E-state index in [9.17, 15) is 14.5 Å². The first-order valence-electron chi connectivity index (χ1n) is 4.67. The van der Waals surface area contributed by atoms with E-state index in [0.717, 1.165) is 17.0 Å². The Kier molecular flexibility index (Phi) is 2.64. The van der Waals surface area contributed by atoms with Gasteiger partial charge in [0.15, 0.2) is 0 Å². The van der Waals surface area contributed by atoms with Gasteiger partial charge in [-0.15, -0.1) is 0 Å². The number of nitro groups is 1. The number of hydrogen-bond acceptors (Lipinski definition) is 2. The molecule has 0 amide bonds. The molecule has 0 aliphatic rings. The van der Waals surface area contributed by atoms with Crippen LogP contribution < -0.4 is 0 Å². The average molecular weight is 217 g/mol. The van der Waals surface area contributed by atoms with Gasteiger partial charge in [0.1, 0.15) is 5.82 Å². The summed E-state index contributed by atoms with van der Waals surface area (Å²) in [5.41, 5.74) is 0.507. The maximum Gasteiger partial charge on any atom is 0.235 e. The van der Waals surface area contributed by atoms with Gasteiger partial charge in [0, 0.05) is 6.08 Å². The van der Waals surface area contributed by atoms with Crippen molar-refractivity contribution in [1.82, 2.24) is 0 Å².